The van der Waals surface area contributed by atoms with Gasteiger partial charge in [-0.3, -0.25) is 4.98 Å². The van der Waals surface area contributed by atoms with Gasteiger partial charge in [-0.05, 0) is 85.6 Å². The third-order valence-electron chi connectivity index (χ3n) is 9.91. The van der Waals surface area contributed by atoms with E-state index < -0.39 is 0 Å². The maximum atomic E-state index is 6.85. The number of benzene rings is 8. The molecular formula is C47H30N2O. The van der Waals surface area contributed by atoms with Gasteiger partial charge in [0.25, 0.3) is 0 Å². The van der Waals surface area contributed by atoms with Crippen molar-refractivity contribution in [2.24, 2.45) is 0 Å². The van der Waals surface area contributed by atoms with E-state index in [-0.39, 0.29) is 0 Å². The number of pyridine rings is 1. The molecule has 0 fully saturated rings. The number of fused-ring (bicyclic) bond motifs is 7. The van der Waals surface area contributed by atoms with Gasteiger partial charge in [0.05, 0.1) is 6.20 Å². The summed E-state index contributed by atoms with van der Waals surface area (Å²) in [7, 11) is 0. The standard InChI is InChI=1S/C47H30N2O/c1-2-12-35-27-36(20-19-31(35)9-1)32-21-24-38(25-22-32)49(39-15-7-14-37(28-39)41-18-8-13-33-10-3-5-16-40(33)41)45-30-48-29-44-43-26-23-34-11-4-6-17-42(34)46(43)50-47(44)45/h1-30H. The van der Waals surface area contributed by atoms with Crippen LogP contribution in [0.25, 0.3) is 76.5 Å². The molecule has 0 spiro atoms. The lowest BCUT2D eigenvalue weighted by Crippen LogP contribution is -2.10. The first-order valence-electron chi connectivity index (χ1n) is 16.9. The van der Waals surface area contributed by atoms with Crippen molar-refractivity contribution in [3.8, 4) is 22.3 Å². The van der Waals surface area contributed by atoms with Gasteiger partial charge in [0.1, 0.15) is 11.3 Å². The summed E-state index contributed by atoms with van der Waals surface area (Å²) in [6.07, 6.45) is 3.85. The zero-order valence-corrected chi connectivity index (χ0v) is 27.1. The van der Waals surface area contributed by atoms with Gasteiger partial charge in [-0.1, -0.05) is 133 Å². The molecule has 0 bridgehead atoms. The van der Waals surface area contributed by atoms with Gasteiger partial charge < -0.3 is 9.32 Å². The smallest absolute Gasteiger partial charge is 0.162 e. The Kier molecular flexibility index (Phi) is 6.49. The van der Waals surface area contributed by atoms with Crippen LogP contribution in [0.2, 0.25) is 0 Å². The minimum Gasteiger partial charge on any atom is -0.453 e. The highest BCUT2D eigenvalue weighted by Gasteiger charge is 2.21. The summed E-state index contributed by atoms with van der Waals surface area (Å²) in [5.74, 6) is 0. The van der Waals surface area contributed by atoms with E-state index >= 15 is 0 Å². The van der Waals surface area contributed by atoms with Crippen molar-refractivity contribution >= 4 is 71.3 Å². The molecule has 0 aliphatic carbocycles. The fourth-order valence-corrected chi connectivity index (χ4v) is 7.45. The van der Waals surface area contributed by atoms with Gasteiger partial charge in [-0.15, -0.1) is 0 Å². The molecule has 50 heavy (non-hydrogen) atoms. The molecule has 2 aromatic heterocycles. The zero-order valence-electron chi connectivity index (χ0n) is 27.1. The number of hydrogen-bond acceptors (Lipinski definition) is 3. The predicted octanol–water partition coefficient (Wildman–Crippen LogP) is 13.2. The second-order valence-electron chi connectivity index (χ2n) is 12.8. The van der Waals surface area contributed by atoms with E-state index in [1.54, 1.807) is 0 Å². The van der Waals surface area contributed by atoms with Crippen molar-refractivity contribution in [1.29, 1.82) is 0 Å². The lowest BCUT2D eigenvalue weighted by atomic mass is 9.97. The Labute approximate surface area is 289 Å². The maximum absolute atomic E-state index is 6.85. The number of hydrogen-bond donors (Lipinski definition) is 0. The van der Waals surface area contributed by atoms with Crippen LogP contribution in [0.4, 0.5) is 17.1 Å². The van der Waals surface area contributed by atoms with Crippen LogP contribution in [0.15, 0.2) is 187 Å². The summed E-state index contributed by atoms with van der Waals surface area (Å²) in [6.45, 7) is 0. The van der Waals surface area contributed by atoms with Crippen LogP contribution >= 0.6 is 0 Å². The fraction of sp³-hybridized carbons (Fsp3) is 0. The Morgan fingerprint density at radius 1 is 0.380 bits per heavy atom. The Balaban J connectivity index is 1.17. The number of anilines is 3. The highest BCUT2D eigenvalue weighted by atomic mass is 16.3. The first-order chi connectivity index (χ1) is 24.8. The number of nitrogens with zero attached hydrogens (tertiary/aromatic N) is 2. The van der Waals surface area contributed by atoms with Gasteiger partial charge in [-0.2, -0.15) is 0 Å². The van der Waals surface area contributed by atoms with Gasteiger partial charge in [0, 0.05) is 33.7 Å². The van der Waals surface area contributed by atoms with E-state index in [1.807, 2.05) is 12.4 Å². The minimum absolute atomic E-state index is 0.806. The summed E-state index contributed by atoms with van der Waals surface area (Å²) < 4.78 is 6.85. The van der Waals surface area contributed by atoms with Gasteiger partial charge in [0.2, 0.25) is 0 Å². The molecule has 2 heterocycles. The zero-order chi connectivity index (χ0) is 33.0. The maximum Gasteiger partial charge on any atom is 0.162 e. The SMILES string of the molecule is c1cc(-c2cccc3ccccc23)cc(N(c2ccc(-c3ccc4ccccc4c3)cc2)c2cncc3c2oc2c4ccccc4ccc32)c1. The second kappa shape index (κ2) is 11.5. The van der Waals surface area contributed by atoms with Gasteiger partial charge in [-0.25, -0.2) is 0 Å². The van der Waals surface area contributed by atoms with Crippen LogP contribution in [0, 0.1) is 0 Å². The fourth-order valence-electron chi connectivity index (χ4n) is 7.45. The van der Waals surface area contributed by atoms with Crippen molar-refractivity contribution in [3.05, 3.63) is 182 Å². The van der Waals surface area contributed by atoms with Crippen LogP contribution in [0.3, 0.4) is 0 Å². The Bertz CT molecular complexity index is 2880. The van der Waals surface area contributed by atoms with E-state index in [4.69, 9.17) is 9.40 Å². The van der Waals surface area contributed by atoms with Crippen molar-refractivity contribution in [1.82, 2.24) is 4.98 Å². The summed E-state index contributed by atoms with van der Waals surface area (Å²) in [5, 5.41) is 9.22. The molecule has 10 aromatic rings. The first kappa shape index (κ1) is 28.3. The van der Waals surface area contributed by atoms with Crippen molar-refractivity contribution in [2.75, 3.05) is 4.90 Å². The molecule has 0 atom stereocenters. The summed E-state index contributed by atoms with van der Waals surface area (Å²) in [4.78, 5) is 7.08. The van der Waals surface area contributed by atoms with Crippen LogP contribution in [0.1, 0.15) is 0 Å². The Morgan fingerprint density at radius 3 is 1.92 bits per heavy atom. The third-order valence-corrected chi connectivity index (χ3v) is 9.91. The summed E-state index contributed by atoms with van der Waals surface area (Å²) in [5.41, 5.74) is 9.30. The van der Waals surface area contributed by atoms with Gasteiger partial charge >= 0.3 is 0 Å². The lowest BCUT2D eigenvalue weighted by Gasteiger charge is -2.26. The van der Waals surface area contributed by atoms with Crippen LogP contribution in [0.5, 0.6) is 0 Å². The molecule has 0 radical (unpaired) electrons. The van der Waals surface area contributed by atoms with Gasteiger partial charge in [0.15, 0.2) is 5.58 Å². The monoisotopic (exact) mass is 638 g/mol. The molecule has 10 rings (SSSR count). The minimum atomic E-state index is 0.806. The Morgan fingerprint density at radius 2 is 1.06 bits per heavy atom. The molecule has 3 nitrogen and oxygen atoms in total. The summed E-state index contributed by atoms with van der Waals surface area (Å²) in [6, 6.07) is 60.5. The lowest BCUT2D eigenvalue weighted by molar-refractivity contribution is 0.672. The number of rotatable bonds is 5. The molecule has 3 heteroatoms. The topological polar surface area (TPSA) is 29.3 Å². The Hall–Kier alpha value is -6.71. The highest BCUT2D eigenvalue weighted by Crippen LogP contribution is 2.44. The molecule has 234 valence electrons. The quantitative estimate of drug-likeness (QED) is 0.188. The molecule has 0 unspecified atom stereocenters. The van der Waals surface area contributed by atoms with Crippen LogP contribution < -0.4 is 4.90 Å². The van der Waals surface area contributed by atoms with Crippen molar-refractivity contribution < 1.29 is 4.42 Å². The van der Waals surface area contributed by atoms with Crippen molar-refractivity contribution in [3.63, 3.8) is 0 Å². The largest absolute Gasteiger partial charge is 0.453 e. The van der Waals surface area contributed by atoms with E-state index in [1.165, 1.54) is 32.7 Å². The average Bonchev–Trinajstić information content (AvgIpc) is 3.58. The molecule has 8 aromatic carbocycles. The average molecular weight is 639 g/mol. The molecular weight excluding hydrogens is 609 g/mol. The molecule has 0 aliphatic heterocycles. The summed E-state index contributed by atoms with van der Waals surface area (Å²) >= 11 is 0. The molecule has 0 N–H and O–H groups in total. The number of aromatic nitrogens is 1. The van der Waals surface area contributed by atoms with Crippen LogP contribution in [-0.4, -0.2) is 4.98 Å². The molecule has 0 aliphatic rings. The van der Waals surface area contributed by atoms with E-state index in [0.717, 1.165) is 60.9 Å². The van der Waals surface area contributed by atoms with Crippen molar-refractivity contribution in [2.45, 2.75) is 0 Å². The highest BCUT2D eigenvalue weighted by molar-refractivity contribution is 6.17. The van der Waals surface area contributed by atoms with E-state index in [0.29, 0.717) is 0 Å². The van der Waals surface area contributed by atoms with E-state index in [9.17, 15) is 0 Å². The third kappa shape index (κ3) is 4.63. The first-order valence-corrected chi connectivity index (χ1v) is 16.9. The van der Waals surface area contributed by atoms with E-state index in [2.05, 4.69) is 175 Å². The second-order valence-corrected chi connectivity index (χ2v) is 12.8. The molecule has 0 amide bonds. The van der Waals surface area contributed by atoms with Crippen LogP contribution in [-0.2, 0) is 0 Å². The molecule has 0 saturated heterocycles. The predicted molar refractivity (Wildman–Crippen MR) is 210 cm³/mol. The normalized spacial score (nSPS) is 11.6. The molecule has 0 saturated carbocycles. The number of furan rings is 1.